The molecule has 9 heavy (non-hydrogen) atoms. The number of hydrogen-bond donors (Lipinski definition) is 0. The van der Waals surface area contributed by atoms with Crippen molar-refractivity contribution in [1.29, 1.82) is 0 Å². The molecule has 0 rings (SSSR count). The van der Waals surface area contributed by atoms with Crippen molar-refractivity contribution in [3.05, 3.63) is 11.5 Å². The fourth-order valence-corrected chi connectivity index (χ4v) is 0.623. The van der Waals surface area contributed by atoms with Crippen LogP contribution in [-0.4, -0.2) is 15.7 Å². The molecule has 0 aromatic heterocycles. The Kier molecular flexibility index (Phi) is 4.65. The molecule has 1 unspecified atom stereocenters. The Balaban J connectivity index is 3.70. The molecule has 0 saturated carbocycles. The molecule has 2 heteroatoms. The molecule has 0 saturated heterocycles. The summed E-state index contributed by atoms with van der Waals surface area (Å²) in [6.45, 7) is 4.08. The predicted octanol–water partition coefficient (Wildman–Crippen LogP) is 1.82. The Morgan fingerprint density at radius 1 is 1.56 bits per heavy atom. The van der Waals surface area contributed by atoms with Crippen LogP contribution in [0.15, 0.2) is 11.5 Å². The maximum absolute atomic E-state index is 5.61. The molecule has 0 aliphatic heterocycles. The zero-order valence-corrected chi connectivity index (χ0v) is 6.22. The van der Waals surface area contributed by atoms with E-state index in [1.165, 1.54) is 0 Å². The van der Waals surface area contributed by atoms with Gasteiger partial charge in [-0.05, 0) is 6.42 Å². The van der Waals surface area contributed by atoms with Crippen LogP contribution in [0.2, 0.25) is 5.82 Å². The predicted molar refractivity (Wildman–Crippen MR) is 43.9 cm³/mol. The highest BCUT2D eigenvalue weighted by molar-refractivity contribution is 6.29. The van der Waals surface area contributed by atoms with E-state index in [4.69, 9.17) is 15.7 Å². The standard InChI is InChI=1S/C7H12B2/c1-3-5-7(9)6(8)4-2/h5-6H,3-4H2,1-2H3. The van der Waals surface area contributed by atoms with E-state index in [-0.39, 0.29) is 5.82 Å². The minimum atomic E-state index is 0.0601. The maximum Gasteiger partial charge on any atom is 0.106 e. The summed E-state index contributed by atoms with van der Waals surface area (Å²) in [7, 11) is 11.2. The molecule has 0 N–H and O–H groups in total. The lowest BCUT2D eigenvalue weighted by atomic mass is 9.70. The minimum Gasteiger partial charge on any atom is -0.127 e. The second-order valence-electron chi connectivity index (χ2n) is 2.13. The van der Waals surface area contributed by atoms with Gasteiger partial charge in [-0.25, -0.2) is 0 Å². The molecule has 0 aromatic rings. The lowest BCUT2D eigenvalue weighted by Gasteiger charge is -2.08. The average Bonchev–Trinajstić information content (AvgIpc) is 1.87. The van der Waals surface area contributed by atoms with Gasteiger partial charge >= 0.3 is 0 Å². The van der Waals surface area contributed by atoms with Crippen LogP contribution >= 0.6 is 0 Å². The van der Waals surface area contributed by atoms with Gasteiger partial charge < -0.3 is 0 Å². The van der Waals surface area contributed by atoms with Crippen LogP contribution in [0.25, 0.3) is 0 Å². The number of hydrogen-bond acceptors (Lipinski definition) is 0. The van der Waals surface area contributed by atoms with Crippen LogP contribution in [0.4, 0.5) is 0 Å². The van der Waals surface area contributed by atoms with Crippen molar-refractivity contribution in [2.75, 3.05) is 0 Å². The first-order valence-corrected chi connectivity index (χ1v) is 3.43. The Hall–Kier alpha value is -0.130. The Labute approximate surface area is 60.5 Å². The van der Waals surface area contributed by atoms with Crippen LogP contribution in [0.3, 0.4) is 0 Å². The fourth-order valence-electron chi connectivity index (χ4n) is 0.623. The summed E-state index contributed by atoms with van der Waals surface area (Å²) in [6.07, 6.45) is 3.86. The van der Waals surface area contributed by atoms with Crippen molar-refractivity contribution in [3.63, 3.8) is 0 Å². The van der Waals surface area contributed by atoms with Crippen LogP contribution in [0.5, 0.6) is 0 Å². The topological polar surface area (TPSA) is 0 Å². The zero-order chi connectivity index (χ0) is 7.28. The van der Waals surface area contributed by atoms with Crippen molar-refractivity contribution in [1.82, 2.24) is 0 Å². The van der Waals surface area contributed by atoms with Crippen LogP contribution < -0.4 is 0 Å². The summed E-state index contributed by atoms with van der Waals surface area (Å²) in [4.78, 5) is 0. The molecule has 0 aliphatic carbocycles. The van der Waals surface area contributed by atoms with Crippen LogP contribution in [0, 0.1) is 0 Å². The van der Waals surface area contributed by atoms with Gasteiger partial charge in [0.25, 0.3) is 0 Å². The Bertz CT molecular complexity index is 97.1. The molecule has 1 atom stereocenters. The zero-order valence-electron chi connectivity index (χ0n) is 6.22. The highest BCUT2D eigenvalue weighted by Crippen LogP contribution is 2.13. The molecule has 0 amide bonds. The van der Waals surface area contributed by atoms with Gasteiger partial charge in [0.2, 0.25) is 0 Å². The molecule has 0 heterocycles. The third-order valence-corrected chi connectivity index (χ3v) is 1.31. The summed E-state index contributed by atoms with van der Waals surface area (Å²) >= 11 is 0. The largest absolute Gasteiger partial charge is 0.127 e. The number of rotatable bonds is 3. The van der Waals surface area contributed by atoms with Gasteiger partial charge in [-0.3, -0.25) is 0 Å². The molecule has 46 valence electrons. The highest BCUT2D eigenvalue weighted by atomic mass is 13.9. The molecule has 0 nitrogen and oxygen atoms in total. The summed E-state index contributed by atoms with van der Waals surface area (Å²) in [5, 5.41) is 0. The third-order valence-electron chi connectivity index (χ3n) is 1.31. The lowest BCUT2D eigenvalue weighted by molar-refractivity contribution is 0.931. The Morgan fingerprint density at radius 2 is 2.11 bits per heavy atom. The van der Waals surface area contributed by atoms with E-state index in [1.807, 2.05) is 13.0 Å². The first-order chi connectivity index (χ1) is 4.22. The van der Waals surface area contributed by atoms with E-state index in [0.717, 1.165) is 18.3 Å². The average molecular weight is 118 g/mol. The summed E-state index contributed by atoms with van der Waals surface area (Å²) in [5.41, 5.74) is 0.819. The van der Waals surface area contributed by atoms with E-state index in [9.17, 15) is 0 Å². The van der Waals surface area contributed by atoms with Gasteiger partial charge in [0.1, 0.15) is 7.85 Å². The third kappa shape index (κ3) is 3.45. The van der Waals surface area contributed by atoms with Gasteiger partial charge in [-0.15, -0.1) is 5.47 Å². The SMILES string of the molecule is [B]C(=CCC)C([B])CC. The van der Waals surface area contributed by atoms with Gasteiger partial charge in [0, 0.05) is 0 Å². The van der Waals surface area contributed by atoms with E-state index >= 15 is 0 Å². The summed E-state index contributed by atoms with van der Waals surface area (Å²) < 4.78 is 0. The molecule has 0 aromatic carbocycles. The molecule has 4 radical (unpaired) electrons. The quantitative estimate of drug-likeness (QED) is 0.495. The smallest absolute Gasteiger partial charge is 0.106 e. The molecular formula is C7H12B2. The molecule has 0 aliphatic rings. The summed E-state index contributed by atoms with van der Waals surface area (Å²) in [6, 6.07) is 0. The lowest BCUT2D eigenvalue weighted by Crippen LogP contribution is -1.94. The van der Waals surface area contributed by atoms with Crippen LogP contribution in [-0.2, 0) is 0 Å². The normalized spacial score (nSPS) is 15.6. The fraction of sp³-hybridized carbons (Fsp3) is 0.714. The van der Waals surface area contributed by atoms with Crippen molar-refractivity contribution >= 4 is 15.7 Å². The van der Waals surface area contributed by atoms with Crippen molar-refractivity contribution < 1.29 is 0 Å². The van der Waals surface area contributed by atoms with Gasteiger partial charge in [0.05, 0.1) is 7.85 Å². The molecule has 0 fully saturated rings. The number of allylic oxidation sites excluding steroid dienone is 2. The van der Waals surface area contributed by atoms with E-state index in [0.29, 0.717) is 0 Å². The van der Waals surface area contributed by atoms with Gasteiger partial charge in [-0.2, -0.15) is 0 Å². The second-order valence-corrected chi connectivity index (χ2v) is 2.13. The highest BCUT2D eigenvalue weighted by Gasteiger charge is 1.96. The maximum atomic E-state index is 5.61. The van der Waals surface area contributed by atoms with E-state index in [1.54, 1.807) is 0 Å². The van der Waals surface area contributed by atoms with Crippen LogP contribution in [0.1, 0.15) is 26.7 Å². The summed E-state index contributed by atoms with van der Waals surface area (Å²) in [5.74, 6) is 0.0601. The first-order valence-electron chi connectivity index (χ1n) is 3.43. The van der Waals surface area contributed by atoms with Gasteiger partial charge in [0.15, 0.2) is 0 Å². The van der Waals surface area contributed by atoms with Crippen molar-refractivity contribution in [2.45, 2.75) is 32.5 Å². The molecule has 0 bridgehead atoms. The van der Waals surface area contributed by atoms with Gasteiger partial charge in [-0.1, -0.05) is 32.2 Å². The monoisotopic (exact) mass is 118 g/mol. The van der Waals surface area contributed by atoms with E-state index < -0.39 is 0 Å². The van der Waals surface area contributed by atoms with Crippen molar-refractivity contribution in [3.8, 4) is 0 Å². The first kappa shape index (κ1) is 8.87. The molecule has 0 spiro atoms. The Morgan fingerprint density at radius 3 is 2.44 bits per heavy atom. The molecular weight excluding hydrogens is 106 g/mol. The van der Waals surface area contributed by atoms with E-state index in [2.05, 4.69) is 6.92 Å². The second kappa shape index (κ2) is 4.72. The van der Waals surface area contributed by atoms with Crippen molar-refractivity contribution in [2.24, 2.45) is 0 Å². The minimum absolute atomic E-state index is 0.0601.